The Kier molecular flexibility index (Phi) is 23.7. The second-order valence-electron chi connectivity index (χ2n) is 8.85. The topological polar surface area (TPSA) is 74.6 Å². The fourth-order valence-corrected chi connectivity index (χ4v) is 4.12. The molecular formula is C25H49NaO4. The monoisotopic (exact) mass is 436 g/mol. The van der Waals surface area contributed by atoms with Crippen molar-refractivity contribution in [3.05, 3.63) is 0 Å². The van der Waals surface area contributed by atoms with Gasteiger partial charge in [0.25, 0.3) is 0 Å². The molecule has 174 valence electrons. The van der Waals surface area contributed by atoms with E-state index in [1.165, 1.54) is 77.0 Å². The van der Waals surface area contributed by atoms with Crippen molar-refractivity contribution < 1.29 is 19.8 Å². The van der Waals surface area contributed by atoms with Gasteiger partial charge in [0.1, 0.15) is 0 Å². The van der Waals surface area contributed by atoms with Crippen LogP contribution in [-0.4, -0.2) is 51.7 Å². The summed E-state index contributed by atoms with van der Waals surface area (Å²) in [5, 5.41) is 19.3. The fraction of sp³-hybridized carbons (Fsp3) is 0.920. The number of unbranched alkanes of at least 4 members (excludes halogenated alkanes) is 16. The first kappa shape index (κ1) is 32.1. The van der Waals surface area contributed by atoms with Crippen molar-refractivity contribution in [3.8, 4) is 0 Å². The molecule has 0 aliphatic rings. The zero-order valence-corrected chi connectivity index (χ0v) is 19.4. The van der Waals surface area contributed by atoms with Crippen molar-refractivity contribution in [2.24, 2.45) is 5.41 Å². The van der Waals surface area contributed by atoms with Gasteiger partial charge in [0.15, 0.2) is 5.41 Å². The van der Waals surface area contributed by atoms with Crippen molar-refractivity contribution >= 4 is 41.5 Å². The average molecular weight is 437 g/mol. The van der Waals surface area contributed by atoms with Gasteiger partial charge in [-0.2, -0.15) is 0 Å². The summed E-state index contributed by atoms with van der Waals surface area (Å²) in [5.74, 6) is -2.30. The summed E-state index contributed by atoms with van der Waals surface area (Å²) < 4.78 is 0. The molecule has 0 aromatic rings. The summed E-state index contributed by atoms with van der Waals surface area (Å²) >= 11 is 0. The van der Waals surface area contributed by atoms with E-state index in [0.29, 0.717) is 12.8 Å². The first-order valence-electron chi connectivity index (χ1n) is 12.5. The average Bonchev–Trinajstić information content (AvgIpc) is 2.69. The molecular weight excluding hydrogens is 387 g/mol. The van der Waals surface area contributed by atoms with E-state index in [4.69, 9.17) is 0 Å². The van der Waals surface area contributed by atoms with Crippen LogP contribution in [0.15, 0.2) is 0 Å². The Balaban J connectivity index is 0. The van der Waals surface area contributed by atoms with Crippen LogP contribution in [0.25, 0.3) is 0 Å². The Labute approximate surface area is 208 Å². The van der Waals surface area contributed by atoms with Gasteiger partial charge in [-0.3, -0.25) is 9.59 Å². The second kappa shape index (κ2) is 22.1. The molecule has 0 heterocycles. The third kappa shape index (κ3) is 15.7. The Morgan fingerprint density at radius 3 is 0.967 bits per heavy atom. The number of hydrogen-bond acceptors (Lipinski definition) is 2. The van der Waals surface area contributed by atoms with Crippen LogP contribution in [0.1, 0.15) is 142 Å². The maximum absolute atomic E-state index is 11.8. The van der Waals surface area contributed by atoms with Gasteiger partial charge >= 0.3 is 41.5 Å². The molecule has 0 aliphatic heterocycles. The molecule has 0 radical (unpaired) electrons. The predicted molar refractivity (Wildman–Crippen MR) is 129 cm³/mol. The van der Waals surface area contributed by atoms with Gasteiger partial charge in [-0.25, -0.2) is 0 Å². The molecule has 0 saturated heterocycles. The number of aliphatic carboxylic acids is 2. The summed E-state index contributed by atoms with van der Waals surface area (Å²) in [7, 11) is 0. The SMILES string of the molecule is CCCCCCCCCCCCC(CCCCCCCCCC)(C(=O)O)C(=O)O.[NaH]. The first-order chi connectivity index (χ1) is 14.0. The number of carboxylic acid groups (broad SMARTS) is 2. The van der Waals surface area contributed by atoms with Crippen molar-refractivity contribution in [1.29, 1.82) is 0 Å². The summed E-state index contributed by atoms with van der Waals surface area (Å²) in [4.78, 5) is 23.6. The number of carboxylic acids is 2. The molecule has 0 bridgehead atoms. The Morgan fingerprint density at radius 2 is 0.733 bits per heavy atom. The van der Waals surface area contributed by atoms with E-state index in [9.17, 15) is 19.8 Å². The van der Waals surface area contributed by atoms with E-state index in [0.717, 1.165) is 25.7 Å². The number of carbonyl (C=O) groups is 2. The Bertz CT molecular complexity index is 398. The van der Waals surface area contributed by atoms with E-state index in [2.05, 4.69) is 13.8 Å². The molecule has 0 atom stereocenters. The zero-order valence-electron chi connectivity index (χ0n) is 19.4. The summed E-state index contributed by atoms with van der Waals surface area (Å²) in [6, 6.07) is 0. The summed E-state index contributed by atoms with van der Waals surface area (Å²) in [6.45, 7) is 4.43. The van der Waals surface area contributed by atoms with Crippen molar-refractivity contribution in [2.75, 3.05) is 0 Å². The van der Waals surface area contributed by atoms with Crippen LogP contribution < -0.4 is 0 Å². The predicted octanol–water partition coefficient (Wildman–Crippen LogP) is 7.34. The molecule has 2 N–H and O–H groups in total. The molecule has 30 heavy (non-hydrogen) atoms. The molecule has 0 aromatic heterocycles. The number of rotatable bonds is 22. The molecule has 0 saturated carbocycles. The van der Waals surface area contributed by atoms with Gasteiger partial charge in [-0.1, -0.05) is 129 Å². The molecule has 0 aromatic carbocycles. The second-order valence-corrected chi connectivity index (χ2v) is 8.85. The van der Waals surface area contributed by atoms with Crippen LogP contribution in [0, 0.1) is 5.41 Å². The van der Waals surface area contributed by atoms with Crippen molar-refractivity contribution in [2.45, 2.75) is 142 Å². The molecule has 0 fully saturated rings. The van der Waals surface area contributed by atoms with E-state index in [1.54, 1.807) is 0 Å². The van der Waals surface area contributed by atoms with Crippen LogP contribution >= 0.6 is 0 Å². The minimum atomic E-state index is -1.58. The maximum atomic E-state index is 11.8. The number of hydrogen-bond donors (Lipinski definition) is 2. The standard InChI is InChI=1S/C25H48O4.Na.H/c1-3-5-7-9-11-13-14-16-18-20-22-25(23(26)27,24(28)29)21-19-17-15-12-10-8-6-4-2;;/h3-22H2,1-2H3,(H,26,27)(H,28,29);;. The molecule has 0 aliphatic carbocycles. The van der Waals surface area contributed by atoms with Crippen LogP contribution in [0.3, 0.4) is 0 Å². The van der Waals surface area contributed by atoms with Gasteiger partial charge in [0.2, 0.25) is 0 Å². The molecule has 0 rings (SSSR count). The Hall–Kier alpha value is -0.0600. The van der Waals surface area contributed by atoms with E-state index < -0.39 is 17.4 Å². The van der Waals surface area contributed by atoms with Crippen LogP contribution in [0.4, 0.5) is 0 Å². The van der Waals surface area contributed by atoms with Gasteiger partial charge in [-0.05, 0) is 12.8 Å². The molecule has 4 nitrogen and oxygen atoms in total. The van der Waals surface area contributed by atoms with Crippen LogP contribution in [-0.2, 0) is 9.59 Å². The van der Waals surface area contributed by atoms with E-state index >= 15 is 0 Å². The minimum absolute atomic E-state index is 0. The van der Waals surface area contributed by atoms with Crippen molar-refractivity contribution in [1.82, 2.24) is 0 Å². The third-order valence-corrected chi connectivity index (χ3v) is 6.23. The fourth-order valence-electron chi connectivity index (χ4n) is 4.12. The summed E-state index contributed by atoms with van der Waals surface area (Å²) in [5.41, 5.74) is -1.58. The molecule has 0 amide bonds. The molecule has 5 heteroatoms. The Morgan fingerprint density at radius 1 is 0.500 bits per heavy atom. The van der Waals surface area contributed by atoms with Crippen LogP contribution in [0.5, 0.6) is 0 Å². The van der Waals surface area contributed by atoms with Crippen LogP contribution in [0.2, 0.25) is 0 Å². The summed E-state index contributed by atoms with van der Waals surface area (Å²) in [6.07, 6.45) is 21.1. The van der Waals surface area contributed by atoms with Gasteiger partial charge in [0, 0.05) is 0 Å². The zero-order chi connectivity index (χ0) is 21.8. The van der Waals surface area contributed by atoms with E-state index in [-0.39, 0.29) is 42.4 Å². The molecule has 0 unspecified atom stereocenters. The first-order valence-corrected chi connectivity index (χ1v) is 12.5. The van der Waals surface area contributed by atoms with Gasteiger partial charge < -0.3 is 10.2 Å². The van der Waals surface area contributed by atoms with Crippen molar-refractivity contribution in [3.63, 3.8) is 0 Å². The molecule has 0 spiro atoms. The third-order valence-electron chi connectivity index (χ3n) is 6.23. The van der Waals surface area contributed by atoms with Gasteiger partial charge in [0.05, 0.1) is 0 Å². The van der Waals surface area contributed by atoms with Gasteiger partial charge in [-0.15, -0.1) is 0 Å². The van der Waals surface area contributed by atoms with E-state index in [1.807, 2.05) is 0 Å². The quantitative estimate of drug-likeness (QED) is 0.106. The normalized spacial score (nSPS) is 11.3.